The van der Waals surface area contributed by atoms with E-state index in [1.807, 2.05) is 19.9 Å². The largest absolute Gasteiger partial charge is 0.345 e. The molecule has 0 fully saturated rings. The average molecular weight is 493 g/mol. The van der Waals surface area contributed by atoms with Crippen molar-refractivity contribution in [1.82, 2.24) is 15.1 Å². The molecule has 9 heteroatoms. The number of sulfonamides is 1. The number of hydrogen-bond acceptors (Lipinski definition) is 4. The van der Waals surface area contributed by atoms with E-state index in [2.05, 4.69) is 10.4 Å². The molecule has 0 saturated carbocycles. The molecule has 1 aromatic heterocycles. The number of carbonyl (C=O) groups excluding carboxylic acids is 1. The lowest BCUT2D eigenvalue weighted by Gasteiger charge is -2.19. The van der Waals surface area contributed by atoms with Gasteiger partial charge < -0.3 is 5.32 Å². The molecule has 1 heterocycles. The Balaban J connectivity index is 1.47. The third kappa shape index (κ3) is 4.95. The Morgan fingerprint density at radius 1 is 1.00 bits per heavy atom. The molecule has 1 amide bonds. The third-order valence-electron chi connectivity index (χ3n) is 5.83. The number of nitrogens with one attached hydrogen (secondary N) is 1. The van der Waals surface area contributed by atoms with Crippen molar-refractivity contribution in [2.75, 3.05) is 11.4 Å². The van der Waals surface area contributed by atoms with Gasteiger partial charge in [0.05, 0.1) is 28.5 Å². The predicted molar refractivity (Wildman–Crippen MR) is 133 cm³/mol. The number of nitrogens with zero attached hydrogens (tertiary/aromatic N) is 3. The van der Waals surface area contributed by atoms with Crippen LogP contribution in [0, 0.1) is 12.7 Å². The van der Waals surface area contributed by atoms with Crippen molar-refractivity contribution < 1.29 is 17.6 Å². The second-order valence-electron chi connectivity index (χ2n) is 8.10. The number of anilines is 1. The molecule has 3 aromatic carbocycles. The minimum atomic E-state index is -3.77. The van der Waals surface area contributed by atoms with E-state index in [1.165, 1.54) is 47.8 Å². The lowest BCUT2D eigenvalue weighted by atomic mass is 10.1. The molecule has 7 nitrogen and oxygen atoms in total. The number of hydrogen-bond donors (Lipinski definition) is 1. The highest BCUT2D eigenvalue weighted by atomic mass is 32.2. The van der Waals surface area contributed by atoms with Gasteiger partial charge in [0.25, 0.3) is 15.9 Å². The normalized spacial score (nSPS) is 12.2. The van der Waals surface area contributed by atoms with Crippen LogP contribution < -0.4 is 9.62 Å². The summed E-state index contributed by atoms with van der Waals surface area (Å²) >= 11 is 0. The molecule has 0 aliphatic rings. The van der Waals surface area contributed by atoms with Crippen LogP contribution in [0.1, 0.15) is 34.6 Å². The topological polar surface area (TPSA) is 84.3 Å². The molecule has 4 aromatic rings. The maximum absolute atomic E-state index is 13.2. The van der Waals surface area contributed by atoms with Gasteiger partial charge >= 0.3 is 0 Å². The van der Waals surface area contributed by atoms with Crippen LogP contribution in [0.5, 0.6) is 0 Å². The third-order valence-corrected chi connectivity index (χ3v) is 7.63. The zero-order valence-corrected chi connectivity index (χ0v) is 20.3. The minimum absolute atomic E-state index is 0.0878. The summed E-state index contributed by atoms with van der Waals surface area (Å²) in [5, 5.41) is 7.29. The maximum Gasteiger partial charge on any atom is 0.264 e. The lowest BCUT2D eigenvalue weighted by molar-refractivity contribution is 0.0939. The fourth-order valence-electron chi connectivity index (χ4n) is 3.76. The van der Waals surface area contributed by atoms with Crippen LogP contribution in [0.2, 0.25) is 0 Å². The van der Waals surface area contributed by atoms with Crippen molar-refractivity contribution in [2.45, 2.75) is 24.8 Å². The first kappa shape index (κ1) is 24.2. The van der Waals surface area contributed by atoms with E-state index in [1.54, 1.807) is 47.3 Å². The van der Waals surface area contributed by atoms with Crippen LogP contribution in [0.3, 0.4) is 0 Å². The Morgan fingerprint density at radius 2 is 1.63 bits per heavy atom. The molecule has 1 N–H and O–H groups in total. The van der Waals surface area contributed by atoms with Gasteiger partial charge in [-0.2, -0.15) is 5.10 Å². The summed E-state index contributed by atoms with van der Waals surface area (Å²) in [6.45, 7) is 3.71. The predicted octanol–water partition coefficient (Wildman–Crippen LogP) is 4.64. The van der Waals surface area contributed by atoms with Gasteiger partial charge in [-0.25, -0.2) is 17.5 Å². The molecular formula is C26H25FN4O3S. The number of amides is 1. The number of para-hydroxylation sites is 1. The zero-order chi connectivity index (χ0) is 25.2. The van der Waals surface area contributed by atoms with Crippen LogP contribution >= 0.6 is 0 Å². The number of benzene rings is 3. The summed E-state index contributed by atoms with van der Waals surface area (Å²) in [5.74, 6) is -0.670. The van der Waals surface area contributed by atoms with E-state index in [0.29, 0.717) is 16.9 Å². The smallest absolute Gasteiger partial charge is 0.264 e. The SMILES string of the molecule is Cc1c(C(C)NC(=O)c2ccc(S(=O)(=O)N(C)c3ccccc3)cc2)cnn1-c1ccc(F)cc1. The average Bonchev–Trinajstić information content (AvgIpc) is 3.26. The molecule has 1 atom stereocenters. The summed E-state index contributed by atoms with van der Waals surface area (Å²) in [6.07, 6.45) is 1.67. The van der Waals surface area contributed by atoms with E-state index in [4.69, 9.17) is 0 Å². The van der Waals surface area contributed by atoms with Gasteiger partial charge in [0.1, 0.15) is 5.82 Å². The van der Waals surface area contributed by atoms with Crippen LogP contribution in [0.4, 0.5) is 10.1 Å². The van der Waals surface area contributed by atoms with E-state index >= 15 is 0 Å². The summed E-state index contributed by atoms with van der Waals surface area (Å²) in [4.78, 5) is 12.9. The van der Waals surface area contributed by atoms with Crippen molar-refractivity contribution in [3.05, 3.63) is 108 Å². The van der Waals surface area contributed by atoms with E-state index in [9.17, 15) is 17.6 Å². The summed E-state index contributed by atoms with van der Waals surface area (Å²) in [6, 6.07) is 20.2. The number of halogens is 1. The highest BCUT2D eigenvalue weighted by Crippen LogP contribution is 2.23. The van der Waals surface area contributed by atoms with Gasteiger partial charge in [-0.1, -0.05) is 18.2 Å². The van der Waals surface area contributed by atoms with Crippen LogP contribution in [0.25, 0.3) is 5.69 Å². The zero-order valence-electron chi connectivity index (χ0n) is 19.5. The first-order valence-corrected chi connectivity index (χ1v) is 12.4. The van der Waals surface area contributed by atoms with E-state index in [0.717, 1.165) is 11.3 Å². The second kappa shape index (κ2) is 9.71. The van der Waals surface area contributed by atoms with Gasteiger partial charge in [0.2, 0.25) is 0 Å². The highest BCUT2D eigenvalue weighted by Gasteiger charge is 2.22. The van der Waals surface area contributed by atoms with Crippen molar-refractivity contribution in [3.63, 3.8) is 0 Å². The van der Waals surface area contributed by atoms with Crippen LogP contribution in [-0.4, -0.2) is 31.2 Å². The van der Waals surface area contributed by atoms with Crippen LogP contribution in [-0.2, 0) is 10.0 Å². The monoisotopic (exact) mass is 492 g/mol. The number of aromatic nitrogens is 2. The molecular weight excluding hydrogens is 467 g/mol. The summed E-state index contributed by atoms with van der Waals surface area (Å²) in [5.41, 5.74) is 3.22. The Morgan fingerprint density at radius 3 is 2.26 bits per heavy atom. The quantitative estimate of drug-likeness (QED) is 0.408. The first-order chi connectivity index (χ1) is 16.7. The first-order valence-electron chi connectivity index (χ1n) is 10.9. The number of carbonyl (C=O) groups is 1. The molecule has 4 rings (SSSR count). The Bertz CT molecular complexity index is 1430. The fraction of sp³-hybridized carbons (Fsp3) is 0.154. The molecule has 0 bridgehead atoms. The molecule has 35 heavy (non-hydrogen) atoms. The Kier molecular flexibility index (Phi) is 6.70. The van der Waals surface area contributed by atoms with Gasteiger partial charge in [-0.05, 0) is 74.5 Å². The van der Waals surface area contributed by atoms with Crippen molar-refractivity contribution in [3.8, 4) is 5.69 Å². The minimum Gasteiger partial charge on any atom is -0.345 e. The van der Waals surface area contributed by atoms with Gasteiger partial charge in [-0.15, -0.1) is 0 Å². The fourth-order valence-corrected chi connectivity index (χ4v) is 4.96. The maximum atomic E-state index is 13.2. The molecule has 0 aliphatic heterocycles. The highest BCUT2D eigenvalue weighted by molar-refractivity contribution is 7.92. The molecule has 0 radical (unpaired) electrons. The van der Waals surface area contributed by atoms with Gasteiger partial charge in [-0.3, -0.25) is 9.10 Å². The van der Waals surface area contributed by atoms with E-state index < -0.39 is 10.0 Å². The van der Waals surface area contributed by atoms with Crippen LogP contribution in [0.15, 0.2) is 90.0 Å². The molecule has 180 valence electrons. The Hall–Kier alpha value is -3.98. The number of rotatable bonds is 7. The summed E-state index contributed by atoms with van der Waals surface area (Å²) < 4.78 is 42.0. The Labute approximate surface area is 203 Å². The van der Waals surface area contributed by atoms with Gasteiger partial charge in [0.15, 0.2) is 0 Å². The van der Waals surface area contributed by atoms with Crippen molar-refractivity contribution >= 4 is 21.6 Å². The van der Waals surface area contributed by atoms with Gasteiger partial charge in [0, 0.05) is 23.9 Å². The molecule has 1 unspecified atom stereocenters. The van der Waals surface area contributed by atoms with Crippen molar-refractivity contribution in [2.24, 2.45) is 0 Å². The lowest BCUT2D eigenvalue weighted by Crippen LogP contribution is -2.28. The van der Waals surface area contributed by atoms with E-state index in [-0.39, 0.29) is 22.7 Å². The molecule has 0 saturated heterocycles. The second-order valence-corrected chi connectivity index (χ2v) is 10.1. The molecule has 0 aliphatic carbocycles. The van der Waals surface area contributed by atoms with Crippen molar-refractivity contribution in [1.29, 1.82) is 0 Å². The standard InChI is InChI=1S/C26H25FN4O3S/c1-18(25-17-28-31(19(25)2)23-13-11-21(27)12-14-23)29-26(32)20-9-15-24(16-10-20)35(33,34)30(3)22-7-5-4-6-8-22/h4-18H,1-3H3,(H,29,32). The molecule has 0 spiro atoms. The summed E-state index contributed by atoms with van der Waals surface area (Å²) in [7, 11) is -2.28.